The van der Waals surface area contributed by atoms with E-state index in [0.29, 0.717) is 0 Å². The van der Waals surface area contributed by atoms with Crippen LogP contribution in [0.4, 0.5) is 5.69 Å². The van der Waals surface area contributed by atoms with Crippen LogP contribution < -0.4 is 5.32 Å². The molecular weight excluding hydrogens is 262 g/mol. The molecule has 3 rings (SSSR count). The van der Waals surface area contributed by atoms with Crippen molar-refractivity contribution in [1.82, 2.24) is 20.2 Å². The molecule has 0 saturated carbocycles. The largest absolute Gasteiger partial charge is 0.380 e. The van der Waals surface area contributed by atoms with Crippen molar-refractivity contribution in [3.05, 3.63) is 43.0 Å². The van der Waals surface area contributed by atoms with Crippen LogP contribution in [0.15, 0.2) is 43.0 Å². The van der Waals surface area contributed by atoms with Crippen molar-refractivity contribution in [2.75, 3.05) is 5.32 Å². The number of aromatic nitrogens is 4. The first-order chi connectivity index (χ1) is 10.0. The normalized spacial score (nSPS) is 11.6. The van der Waals surface area contributed by atoms with Crippen LogP contribution in [-0.4, -0.2) is 25.7 Å². The Labute approximate surface area is 123 Å². The van der Waals surface area contributed by atoms with Crippen LogP contribution in [0.25, 0.3) is 22.2 Å². The van der Waals surface area contributed by atoms with E-state index in [1.807, 2.05) is 18.2 Å². The minimum absolute atomic E-state index is 0.0364. The summed E-state index contributed by atoms with van der Waals surface area (Å²) in [6, 6.07) is 5.92. The van der Waals surface area contributed by atoms with Gasteiger partial charge in [0.05, 0.1) is 29.8 Å². The number of hydrogen-bond acceptors (Lipinski definition) is 5. The summed E-state index contributed by atoms with van der Waals surface area (Å²) < 4.78 is 0. The number of fused-ring (bicyclic) bond motifs is 1. The molecule has 0 aromatic carbocycles. The van der Waals surface area contributed by atoms with Crippen LogP contribution in [-0.2, 0) is 0 Å². The summed E-state index contributed by atoms with van der Waals surface area (Å²) in [6.45, 7) is 6.40. The molecular formula is C16H17N5. The summed E-state index contributed by atoms with van der Waals surface area (Å²) >= 11 is 0. The summed E-state index contributed by atoms with van der Waals surface area (Å²) in [4.78, 5) is 8.83. The Morgan fingerprint density at radius 3 is 2.57 bits per heavy atom. The van der Waals surface area contributed by atoms with Crippen molar-refractivity contribution in [3.8, 4) is 11.3 Å². The lowest BCUT2D eigenvalue weighted by molar-refractivity contribution is 0.635. The molecule has 0 saturated heterocycles. The van der Waals surface area contributed by atoms with Gasteiger partial charge < -0.3 is 5.32 Å². The molecule has 3 aromatic rings. The highest BCUT2D eigenvalue weighted by Gasteiger charge is 2.14. The predicted octanol–water partition coefficient (Wildman–Crippen LogP) is 3.30. The van der Waals surface area contributed by atoms with E-state index in [1.165, 1.54) is 0 Å². The summed E-state index contributed by atoms with van der Waals surface area (Å²) in [7, 11) is 0. The molecule has 0 aliphatic carbocycles. The number of pyridine rings is 2. The molecule has 0 spiro atoms. The third-order valence-electron chi connectivity index (χ3n) is 3.00. The van der Waals surface area contributed by atoms with Gasteiger partial charge in [-0.05, 0) is 39.0 Å². The van der Waals surface area contributed by atoms with E-state index in [0.717, 1.165) is 27.8 Å². The molecule has 21 heavy (non-hydrogen) atoms. The average molecular weight is 279 g/mol. The molecule has 0 bridgehead atoms. The highest BCUT2D eigenvalue weighted by molar-refractivity contribution is 5.93. The van der Waals surface area contributed by atoms with Gasteiger partial charge in [0.2, 0.25) is 0 Å². The zero-order valence-electron chi connectivity index (χ0n) is 12.3. The number of anilines is 1. The van der Waals surface area contributed by atoms with Crippen molar-refractivity contribution in [3.63, 3.8) is 0 Å². The Bertz CT molecular complexity index is 762. The van der Waals surface area contributed by atoms with Crippen LogP contribution in [0.3, 0.4) is 0 Å². The lowest BCUT2D eigenvalue weighted by Gasteiger charge is -2.23. The molecule has 0 amide bonds. The van der Waals surface area contributed by atoms with Gasteiger partial charge in [0.25, 0.3) is 0 Å². The van der Waals surface area contributed by atoms with Crippen molar-refractivity contribution >= 4 is 16.6 Å². The predicted molar refractivity (Wildman–Crippen MR) is 83.9 cm³/mol. The van der Waals surface area contributed by atoms with E-state index >= 15 is 0 Å². The van der Waals surface area contributed by atoms with Gasteiger partial charge in [0.1, 0.15) is 0 Å². The van der Waals surface area contributed by atoms with Crippen molar-refractivity contribution in [1.29, 1.82) is 0 Å². The van der Waals surface area contributed by atoms with Crippen LogP contribution in [0.5, 0.6) is 0 Å². The molecule has 0 atom stereocenters. The highest BCUT2D eigenvalue weighted by Crippen LogP contribution is 2.29. The summed E-state index contributed by atoms with van der Waals surface area (Å²) in [5.41, 5.74) is 3.66. The summed E-state index contributed by atoms with van der Waals surface area (Å²) in [5, 5.41) is 12.3. The topological polar surface area (TPSA) is 63.6 Å². The molecule has 0 fully saturated rings. The van der Waals surface area contributed by atoms with Crippen molar-refractivity contribution in [2.24, 2.45) is 0 Å². The van der Waals surface area contributed by atoms with Crippen LogP contribution in [0.2, 0.25) is 0 Å². The lowest BCUT2D eigenvalue weighted by Crippen LogP contribution is -2.26. The third kappa shape index (κ3) is 2.97. The van der Waals surface area contributed by atoms with Crippen LogP contribution >= 0.6 is 0 Å². The maximum atomic E-state index is 4.67. The van der Waals surface area contributed by atoms with Gasteiger partial charge >= 0.3 is 0 Å². The standard InChI is InChI=1S/C16H17N5/c1-16(2,3)21-14-8-13(11-4-7-18-19-9-11)20-15-10-17-6-5-12(14)15/h4-10H,1-3H3,(H,20,21). The SMILES string of the molecule is CC(C)(C)Nc1cc(-c2ccnnc2)nc2cnccc12. The Kier molecular flexibility index (Phi) is 3.25. The van der Waals surface area contributed by atoms with Crippen molar-refractivity contribution < 1.29 is 0 Å². The van der Waals surface area contributed by atoms with Crippen LogP contribution in [0.1, 0.15) is 20.8 Å². The number of hydrogen-bond donors (Lipinski definition) is 1. The first-order valence-electron chi connectivity index (χ1n) is 6.83. The van der Waals surface area contributed by atoms with Gasteiger partial charge in [-0.15, -0.1) is 0 Å². The molecule has 0 unspecified atom stereocenters. The Morgan fingerprint density at radius 1 is 1.00 bits per heavy atom. The van der Waals surface area contributed by atoms with E-state index in [1.54, 1.807) is 24.8 Å². The number of nitrogens with zero attached hydrogens (tertiary/aromatic N) is 4. The fourth-order valence-electron chi connectivity index (χ4n) is 2.18. The minimum Gasteiger partial charge on any atom is -0.380 e. The van der Waals surface area contributed by atoms with Crippen LogP contribution in [0, 0.1) is 0 Å². The smallest absolute Gasteiger partial charge is 0.0913 e. The lowest BCUT2D eigenvalue weighted by atomic mass is 10.1. The second kappa shape index (κ2) is 5.09. The second-order valence-corrected chi connectivity index (χ2v) is 5.95. The Morgan fingerprint density at radius 2 is 1.86 bits per heavy atom. The average Bonchev–Trinajstić information content (AvgIpc) is 2.46. The zero-order chi connectivity index (χ0) is 14.9. The van der Waals surface area contributed by atoms with E-state index in [-0.39, 0.29) is 5.54 Å². The van der Waals surface area contributed by atoms with Crippen molar-refractivity contribution in [2.45, 2.75) is 26.3 Å². The number of rotatable bonds is 2. The maximum absolute atomic E-state index is 4.67. The molecule has 5 nitrogen and oxygen atoms in total. The highest BCUT2D eigenvalue weighted by atomic mass is 15.1. The Hall–Kier alpha value is -2.56. The monoisotopic (exact) mass is 279 g/mol. The summed E-state index contributed by atoms with van der Waals surface area (Å²) in [5.74, 6) is 0. The van der Waals surface area contributed by atoms with Gasteiger partial charge in [0.15, 0.2) is 0 Å². The molecule has 3 aromatic heterocycles. The molecule has 0 aliphatic rings. The van der Waals surface area contributed by atoms with E-state index in [9.17, 15) is 0 Å². The molecule has 1 N–H and O–H groups in total. The molecule has 5 heteroatoms. The molecule has 0 radical (unpaired) electrons. The summed E-state index contributed by atoms with van der Waals surface area (Å²) in [6.07, 6.45) is 6.94. The minimum atomic E-state index is -0.0364. The Balaban J connectivity index is 2.20. The molecule has 106 valence electrons. The molecule has 3 heterocycles. The first-order valence-corrected chi connectivity index (χ1v) is 6.83. The van der Waals surface area contributed by atoms with Gasteiger partial charge in [0, 0.05) is 28.4 Å². The van der Waals surface area contributed by atoms with E-state index in [2.05, 4.69) is 46.3 Å². The van der Waals surface area contributed by atoms with Gasteiger partial charge in [-0.1, -0.05) is 0 Å². The zero-order valence-corrected chi connectivity index (χ0v) is 12.3. The van der Waals surface area contributed by atoms with Gasteiger partial charge in [-0.25, -0.2) is 4.98 Å². The third-order valence-corrected chi connectivity index (χ3v) is 3.00. The van der Waals surface area contributed by atoms with E-state index in [4.69, 9.17) is 0 Å². The maximum Gasteiger partial charge on any atom is 0.0913 e. The molecule has 0 aliphatic heterocycles. The fourth-order valence-corrected chi connectivity index (χ4v) is 2.18. The van der Waals surface area contributed by atoms with Gasteiger partial charge in [-0.2, -0.15) is 10.2 Å². The second-order valence-electron chi connectivity index (χ2n) is 5.95. The fraction of sp³-hybridized carbons (Fsp3) is 0.250. The quantitative estimate of drug-likeness (QED) is 0.779. The van der Waals surface area contributed by atoms with E-state index < -0.39 is 0 Å². The number of nitrogens with one attached hydrogen (secondary N) is 1. The first kappa shape index (κ1) is 13.4. The van der Waals surface area contributed by atoms with Gasteiger partial charge in [-0.3, -0.25) is 4.98 Å².